The zero-order chi connectivity index (χ0) is 11.5. The van der Waals surface area contributed by atoms with Crippen molar-refractivity contribution in [3.05, 3.63) is 30.1 Å². The minimum atomic E-state index is -3.60. The molecule has 0 aromatic carbocycles. The monoisotopic (exact) mass is 253 g/mol. The lowest BCUT2D eigenvalue weighted by Gasteiger charge is -2.23. The summed E-state index contributed by atoms with van der Waals surface area (Å²) in [6, 6.07) is 2.42. The maximum absolute atomic E-state index is 10.9. The van der Waals surface area contributed by atoms with Gasteiger partial charge >= 0.3 is 8.25 Å². The van der Waals surface area contributed by atoms with Crippen LogP contribution in [0.1, 0.15) is 5.56 Å². The molecule has 1 aromatic heterocycles. The molecule has 84 valence electrons. The van der Waals surface area contributed by atoms with E-state index < -0.39 is 21.8 Å². The molecule has 3 atom stereocenters. The first-order chi connectivity index (χ1) is 6.97. The minimum Gasteiger partial charge on any atom is -0.354 e. The molecule has 0 fully saturated rings. The summed E-state index contributed by atoms with van der Waals surface area (Å²) >= 11 is 0. The van der Waals surface area contributed by atoms with E-state index in [9.17, 15) is 14.2 Å². The Kier molecular flexibility index (Phi) is 4.16. The van der Waals surface area contributed by atoms with Gasteiger partial charge in [-0.2, -0.15) is 0 Å². The first kappa shape index (κ1) is 12.5. The summed E-state index contributed by atoms with van der Waals surface area (Å²) in [5.41, 5.74) is -2.74. The van der Waals surface area contributed by atoms with E-state index in [2.05, 4.69) is 9.51 Å². The van der Waals surface area contributed by atoms with Crippen LogP contribution in [-0.2, 0) is 19.2 Å². The highest BCUT2D eigenvalue weighted by atomic mass is 31.1. The number of aliphatic hydroxyl groups is 1. The van der Waals surface area contributed by atoms with Crippen LogP contribution in [0.5, 0.6) is 0 Å². The fourth-order valence-electron chi connectivity index (χ4n) is 0.930. The summed E-state index contributed by atoms with van der Waals surface area (Å²) in [5.74, 6) is 0. The van der Waals surface area contributed by atoms with E-state index in [-0.39, 0.29) is 5.56 Å². The Hall–Kier alpha value is -0.550. The zero-order valence-corrected chi connectivity index (χ0v) is 9.32. The van der Waals surface area contributed by atoms with E-state index >= 15 is 0 Å². The molecule has 1 rings (SSSR count). The van der Waals surface area contributed by atoms with Crippen molar-refractivity contribution in [1.82, 2.24) is 4.98 Å². The Morgan fingerprint density at radius 3 is 2.20 bits per heavy atom. The molecule has 0 spiro atoms. The summed E-state index contributed by atoms with van der Waals surface area (Å²) in [7, 11) is -7.14. The van der Waals surface area contributed by atoms with Crippen molar-refractivity contribution in [1.29, 1.82) is 0 Å². The van der Waals surface area contributed by atoms with Crippen LogP contribution < -0.4 is 0 Å². The zero-order valence-electron chi connectivity index (χ0n) is 7.32. The van der Waals surface area contributed by atoms with Gasteiger partial charge in [0.1, 0.15) is 0 Å². The second-order valence-electron chi connectivity index (χ2n) is 2.55. The summed E-state index contributed by atoms with van der Waals surface area (Å²) < 4.78 is 25.6. The fraction of sp³-hybridized carbons (Fsp3) is 0.167. The molecule has 0 radical (unpaired) electrons. The van der Waals surface area contributed by atoms with Gasteiger partial charge in [-0.3, -0.25) is 18.6 Å². The number of pyridine rings is 1. The topological polar surface area (TPSA) is 117 Å². The van der Waals surface area contributed by atoms with Crippen molar-refractivity contribution < 1.29 is 28.5 Å². The summed E-state index contributed by atoms with van der Waals surface area (Å²) in [6.07, 6.45) is 2.51. The lowest BCUT2D eigenvalue weighted by molar-refractivity contribution is -0.0742. The third-order valence-electron chi connectivity index (χ3n) is 1.60. The SMILES string of the molecule is O=[PH](O)OC(O)(c1ccncc1)[PH](=O)O. The molecule has 0 amide bonds. The van der Waals surface area contributed by atoms with E-state index in [0.29, 0.717) is 0 Å². The van der Waals surface area contributed by atoms with Crippen molar-refractivity contribution >= 4 is 16.3 Å². The maximum Gasteiger partial charge on any atom is 0.319 e. The average molecular weight is 253 g/mol. The van der Waals surface area contributed by atoms with Gasteiger partial charge in [-0.15, -0.1) is 0 Å². The predicted molar refractivity (Wildman–Crippen MR) is 51.7 cm³/mol. The lowest BCUT2D eigenvalue weighted by atomic mass is 10.2. The van der Waals surface area contributed by atoms with Crippen LogP contribution in [0.4, 0.5) is 0 Å². The molecule has 3 unspecified atom stereocenters. The highest BCUT2D eigenvalue weighted by Crippen LogP contribution is 2.47. The first-order valence-corrected chi connectivity index (χ1v) is 6.37. The molecule has 0 aliphatic rings. The molecule has 1 heterocycles. The second-order valence-corrected chi connectivity index (χ2v) is 4.58. The maximum atomic E-state index is 10.9. The van der Waals surface area contributed by atoms with Gasteiger partial charge in [0.05, 0.1) is 0 Å². The molecule has 1 aromatic rings. The van der Waals surface area contributed by atoms with Crippen LogP contribution in [0.25, 0.3) is 0 Å². The lowest BCUT2D eigenvalue weighted by Crippen LogP contribution is -2.22. The van der Waals surface area contributed by atoms with Crippen molar-refractivity contribution in [3.8, 4) is 0 Å². The normalized spacial score (nSPS) is 19.1. The van der Waals surface area contributed by atoms with Gasteiger partial charge in [-0.25, -0.2) is 0 Å². The van der Waals surface area contributed by atoms with Gasteiger partial charge in [0.2, 0.25) is 0 Å². The molecule has 7 nitrogen and oxygen atoms in total. The highest BCUT2D eigenvalue weighted by Gasteiger charge is 2.38. The molecule has 15 heavy (non-hydrogen) atoms. The third-order valence-corrected chi connectivity index (χ3v) is 3.24. The molecular weight excluding hydrogens is 244 g/mol. The van der Waals surface area contributed by atoms with Gasteiger partial charge in [-0.05, 0) is 12.1 Å². The number of hydrogen-bond acceptors (Lipinski definition) is 5. The van der Waals surface area contributed by atoms with Gasteiger partial charge in [0, 0.05) is 18.0 Å². The average Bonchev–Trinajstić information content (AvgIpc) is 2.17. The van der Waals surface area contributed by atoms with Gasteiger partial charge in [-0.1, -0.05) is 0 Å². The van der Waals surface area contributed by atoms with E-state index in [1.54, 1.807) is 0 Å². The number of nitrogens with zero attached hydrogens (tertiary/aromatic N) is 1. The summed E-state index contributed by atoms with van der Waals surface area (Å²) in [4.78, 5) is 21.0. The van der Waals surface area contributed by atoms with E-state index in [0.717, 1.165) is 0 Å². The quantitative estimate of drug-likeness (QED) is 0.512. The Balaban J connectivity index is 3.13. The fourth-order valence-corrected chi connectivity index (χ4v) is 2.33. The molecule has 0 aliphatic carbocycles. The minimum absolute atomic E-state index is 0.101. The Labute approximate surface area is 86.2 Å². The highest BCUT2D eigenvalue weighted by molar-refractivity contribution is 7.40. The Bertz CT molecular complexity index is 384. The molecule has 9 heteroatoms. The van der Waals surface area contributed by atoms with Crippen LogP contribution in [0.2, 0.25) is 0 Å². The summed E-state index contributed by atoms with van der Waals surface area (Å²) in [6.45, 7) is 0. The van der Waals surface area contributed by atoms with Crippen molar-refractivity contribution in [3.63, 3.8) is 0 Å². The van der Waals surface area contributed by atoms with Crippen LogP contribution >= 0.6 is 16.3 Å². The van der Waals surface area contributed by atoms with E-state index in [4.69, 9.17) is 9.79 Å². The van der Waals surface area contributed by atoms with Crippen LogP contribution in [0, 0.1) is 0 Å². The van der Waals surface area contributed by atoms with E-state index in [1.165, 1.54) is 24.5 Å². The van der Waals surface area contributed by atoms with Crippen LogP contribution in [0.3, 0.4) is 0 Å². The number of aromatic nitrogens is 1. The predicted octanol–water partition coefficient (Wildman–Crippen LogP) is 0.0498. The number of hydrogen-bond donors (Lipinski definition) is 3. The van der Waals surface area contributed by atoms with Gasteiger partial charge in [0.25, 0.3) is 13.6 Å². The first-order valence-electron chi connectivity index (χ1n) is 3.75. The van der Waals surface area contributed by atoms with Crippen molar-refractivity contribution in [2.75, 3.05) is 0 Å². The molecule has 0 saturated carbocycles. The second kappa shape index (κ2) is 4.99. The van der Waals surface area contributed by atoms with Gasteiger partial charge < -0.3 is 14.9 Å². The van der Waals surface area contributed by atoms with E-state index in [1.807, 2.05) is 0 Å². The van der Waals surface area contributed by atoms with Crippen molar-refractivity contribution in [2.24, 2.45) is 0 Å². The summed E-state index contributed by atoms with van der Waals surface area (Å²) in [5, 5.41) is 9.63. The molecule has 0 bridgehead atoms. The molecule has 3 N–H and O–H groups in total. The number of rotatable bonds is 4. The smallest absolute Gasteiger partial charge is 0.319 e. The Morgan fingerprint density at radius 2 is 1.80 bits per heavy atom. The van der Waals surface area contributed by atoms with Crippen LogP contribution in [-0.4, -0.2) is 19.9 Å². The standard InChI is InChI=1S/C6H9NO6P2/c8-6(14(9)10,13-15(11)12)5-1-3-7-4-2-5/h1-4,8,14-15H,(H,9,10)(H,11,12). The van der Waals surface area contributed by atoms with Crippen LogP contribution in [0.15, 0.2) is 24.5 Å². The van der Waals surface area contributed by atoms with Crippen molar-refractivity contribution in [2.45, 2.75) is 5.53 Å². The third kappa shape index (κ3) is 2.95. The van der Waals surface area contributed by atoms with Gasteiger partial charge in [0.15, 0.2) is 0 Å². The molecule has 0 saturated heterocycles. The Morgan fingerprint density at radius 1 is 1.27 bits per heavy atom. The molecule has 0 aliphatic heterocycles. The molecular formula is C6H9NO6P2. The largest absolute Gasteiger partial charge is 0.354 e.